The molecule has 0 aliphatic rings. The summed E-state index contributed by atoms with van der Waals surface area (Å²) in [5.41, 5.74) is 6.30. The normalized spacial score (nSPS) is 13.4. The highest BCUT2D eigenvalue weighted by Gasteiger charge is 2.28. The van der Waals surface area contributed by atoms with Crippen LogP contribution < -0.4 is 5.73 Å². The Bertz CT molecular complexity index is 378. The molecular formula is C11H14ClFINO2. The molecule has 0 aliphatic carbocycles. The Kier molecular flexibility index (Phi) is 7.65. The van der Waals surface area contributed by atoms with Crippen molar-refractivity contribution in [2.45, 2.75) is 19.1 Å². The van der Waals surface area contributed by atoms with Crippen molar-refractivity contribution in [2.75, 3.05) is 6.61 Å². The molecule has 0 heterocycles. The molecule has 1 aromatic rings. The van der Waals surface area contributed by atoms with Crippen LogP contribution in [0.3, 0.4) is 0 Å². The fraction of sp³-hybridized carbons (Fsp3) is 0.364. The van der Waals surface area contributed by atoms with Crippen LogP contribution in [0.2, 0.25) is 0 Å². The summed E-state index contributed by atoms with van der Waals surface area (Å²) in [6.45, 7) is 1.78. The van der Waals surface area contributed by atoms with Gasteiger partial charge in [-0.2, -0.15) is 0 Å². The second-order valence-corrected chi connectivity index (χ2v) is 4.36. The van der Waals surface area contributed by atoms with Gasteiger partial charge in [-0.3, -0.25) is 0 Å². The van der Waals surface area contributed by atoms with E-state index in [0.29, 0.717) is 5.56 Å². The van der Waals surface area contributed by atoms with E-state index in [0.717, 1.165) is 3.57 Å². The maximum Gasteiger partial charge on any atom is 0.342 e. The lowest BCUT2D eigenvalue weighted by molar-refractivity contribution is -0.149. The van der Waals surface area contributed by atoms with E-state index >= 15 is 0 Å². The third-order valence-electron chi connectivity index (χ3n) is 2.09. The standard InChI is InChI=1S/C11H13FINO2.ClH/c1-2-16-11(15)9(12)10(14)7-5-3-4-6-8(7)13;/h3-6,9-10H,2,14H2,1H3;1H/t9?,10-;/m1./s1. The number of carbonyl (C=O) groups is 1. The van der Waals surface area contributed by atoms with E-state index in [2.05, 4.69) is 27.3 Å². The van der Waals surface area contributed by atoms with Gasteiger partial charge in [0, 0.05) is 3.57 Å². The number of rotatable bonds is 4. The zero-order chi connectivity index (χ0) is 12.1. The Morgan fingerprint density at radius 2 is 2.12 bits per heavy atom. The summed E-state index contributed by atoms with van der Waals surface area (Å²) in [6.07, 6.45) is -1.82. The molecule has 2 N–H and O–H groups in total. The number of carbonyl (C=O) groups excluding carboxylic acids is 1. The molecule has 0 fully saturated rings. The quantitative estimate of drug-likeness (QED) is 0.652. The predicted molar refractivity (Wildman–Crippen MR) is 74.9 cm³/mol. The molecule has 0 radical (unpaired) electrons. The van der Waals surface area contributed by atoms with Gasteiger partial charge >= 0.3 is 5.97 Å². The van der Waals surface area contributed by atoms with Gasteiger partial charge in [0.25, 0.3) is 0 Å². The molecule has 3 nitrogen and oxygen atoms in total. The monoisotopic (exact) mass is 373 g/mol. The summed E-state index contributed by atoms with van der Waals surface area (Å²) < 4.78 is 19.1. The average molecular weight is 374 g/mol. The molecular weight excluding hydrogens is 359 g/mol. The van der Waals surface area contributed by atoms with Gasteiger partial charge in [-0.05, 0) is 41.1 Å². The van der Waals surface area contributed by atoms with Crippen molar-refractivity contribution < 1.29 is 13.9 Å². The first-order valence-corrected chi connectivity index (χ1v) is 5.96. The third-order valence-corrected chi connectivity index (χ3v) is 3.07. The molecule has 2 atom stereocenters. The minimum Gasteiger partial charge on any atom is -0.464 e. The molecule has 0 spiro atoms. The molecule has 6 heteroatoms. The fourth-order valence-electron chi connectivity index (χ4n) is 1.27. The van der Waals surface area contributed by atoms with Gasteiger partial charge in [0.15, 0.2) is 0 Å². The van der Waals surface area contributed by atoms with Crippen molar-refractivity contribution in [3.8, 4) is 0 Å². The topological polar surface area (TPSA) is 52.3 Å². The van der Waals surface area contributed by atoms with E-state index < -0.39 is 18.2 Å². The second kappa shape index (κ2) is 7.84. The SMILES string of the molecule is CCOC(=O)C(F)[C@H](N)c1ccccc1I.Cl. The van der Waals surface area contributed by atoms with Crippen LogP contribution in [0.25, 0.3) is 0 Å². The van der Waals surface area contributed by atoms with Crippen LogP contribution in [-0.4, -0.2) is 18.7 Å². The minimum absolute atomic E-state index is 0. The van der Waals surface area contributed by atoms with Gasteiger partial charge in [-0.15, -0.1) is 12.4 Å². The van der Waals surface area contributed by atoms with Crippen molar-refractivity contribution in [3.05, 3.63) is 33.4 Å². The molecule has 1 rings (SSSR count). The summed E-state index contributed by atoms with van der Waals surface area (Å²) in [4.78, 5) is 11.2. The molecule has 0 bridgehead atoms. The van der Waals surface area contributed by atoms with E-state index in [9.17, 15) is 9.18 Å². The molecule has 1 aromatic carbocycles. The number of benzene rings is 1. The van der Waals surface area contributed by atoms with Crippen LogP contribution in [0.5, 0.6) is 0 Å². The number of alkyl halides is 1. The Labute approximate surface area is 119 Å². The first kappa shape index (κ1) is 16.6. The van der Waals surface area contributed by atoms with E-state index in [-0.39, 0.29) is 19.0 Å². The summed E-state index contributed by atoms with van der Waals surface area (Å²) in [7, 11) is 0. The van der Waals surface area contributed by atoms with Crippen molar-refractivity contribution in [3.63, 3.8) is 0 Å². The smallest absolute Gasteiger partial charge is 0.342 e. The van der Waals surface area contributed by atoms with Crippen LogP contribution in [0, 0.1) is 3.57 Å². The summed E-state index contributed by atoms with van der Waals surface area (Å²) >= 11 is 2.05. The summed E-state index contributed by atoms with van der Waals surface area (Å²) in [5, 5.41) is 0. The maximum atomic E-state index is 13.6. The van der Waals surface area contributed by atoms with Crippen LogP contribution in [-0.2, 0) is 9.53 Å². The lowest BCUT2D eigenvalue weighted by atomic mass is 10.0. The van der Waals surface area contributed by atoms with Crippen LogP contribution in [0.4, 0.5) is 4.39 Å². The van der Waals surface area contributed by atoms with Crippen LogP contribution in [0.1, 0.15) is 18.5 Å². The fourth-order valence-corrected chi connectivity index (χ4v) is 2.02. The van der Waals surface area contributed by atoms with Crippen molar-refractivity contribution in [2.24, 2.45) is 5.73 Å². The van der Waals surface area contributed by atoms with Gasteiger partial charge in [-0.1, -0.05) is 18.2 Å². The van der Waals surface area contributed by atoms with Crippen LogP contribution in [0.15, 0.2) is 24.3 Å². The van der Waals surface area contributed by atoms with E-state index in [1.54, 1.807) is 19.1 Å². The van der Waals surface area contributed by atoms with Gasteiger partial charge in [-0.25, -0.2) is 9.18 Å². The molecule has 0 aliphatic heterocycles. The highest BCUT2D eigenvalue weighted by molar-refractivity contribution is 14.1. The van der Waals surface area contributed by atoms with E-state index in [4.69, 9.17) is 5.73 Å². The predicted octanol–water partition coefficient (Wildman–Crippen LogP) is 2.61. The molecule has 17 heavy (non-hydrogen) atoms. The molecule has 0 saturated carbocycles. The molecule has 0 aromatic heterocycles. The van der Waals surface area contributed by atoms with Gasteiger partial charge in [0.1, 0.15) is 0 Å². The van der Waals surface area contributed by atoms with Crippen molar-refractivity contribution in [1.82, 2.24) is 0 Å². The van der Waals surface area contributed by atoms with Crippen LogP contribution >= 0.6 is 35.0 Å². The molecule has 1 unspecified atom stereocenters. The van der Waals surface area contributed by atoms with Crippen molar-refractivity contribution >= 4 is 41.0 Å². The number of ether oxygens (including phenoxy) is 1. The Balaban J connectivity index is 0.00000256. The molecule has 0 saturated heterocycles. The Morgan fingerprint density at radius 3 is 2.65 bits per heavy atom. The Morgan fingerprint density at radius 1 is 1.53 bits per heavy atom. The molecule has 0 amide bonds. The highest BCUT2D eigenvalue weighted by Crippen LogP contribution is 2.22. The first-order chi connectivity index (χ1) is 7.57. The van der Waals surface area contributed by atoms with E-state index in [1.807, 2.05) is 12.1 Å². The van der Waals surface area contributed by atoms with Crippen molar-refractivity contribution in [1.29, 1.82) is 0 Å². The number of hydrogen-bond acceptors (Lipinski definition) is 3. The largest absolute Gasteiger partial charge is 0.464 e. The molecule has 96 valence electrons. The second-order valence-electron chi connectivity index (χ2n) is 3.20. The number of esters is 1. The summed E-state index contributed by atoms with van der Waals surface area (Å²) in [5.74, 6) is -0.908. The van der Waals surface area contributed by atoms with Gasteiger partial charge < -0.3 is 10.5 Å². The highest BCUT2D eigenvalue weighted by atomic mass is 127. The lowest BCUT2D eigenvalue weighted by Crippen LogP contribution is -2.32. The third kappa shape index (κ3) is 4.40. The van der Waals surface area contributed by atoms with E-state index in [1.165, 1.54) is 0 Å². The van der Waals surface area contributed by atoms with Gasteiger partial charge in [0.2, 0.25) is 6.17 Å². The zero-order valence-electron chi connectivity index (χ0n) is 9.23. The average Bonchev–Trinajstić information content (AvgIpc) is 2.28. The minimum atomic E-state index is -1.82. The zero-order valence-corrected chi connectivity index (χ0v) is 12.2. The Hall–Kier alpha value is -0.400. The number of hydrogen-bond donors (Lipinski definition) is 1. The number of nitrogens with two attached hydrogens (primary N) is 1. The number of halogens is 3. The summed E-state index contributed by atoms with van der Waals surface area (Å²) in [6, 6.07) is 6.13. The first-order valence-electron chi connectivity index (χ1n) is 4.88. The lowest BCUT2D eigenvalue weighted by Gasteiger charge is -2.16. The maximum absolute atomic E-state index is 13.6. The van der Waals surface area contributed by atoms with Gasteiger partial charge in [0.05, 0.1) is 12.6 Å².